The number of rotatable bonds is 4. The van der Waals surface area contributed by atoms with E-state index >= 15 is 0 Å². The molecule has 0 amide bonds. The van der Waals surface area contributed by atoms with Crippen molar-refractivity contribution in [1.82, 2.24) is 0 Å². The Morgan fingerprint density at radius 1 is 1.42 bits per heavy atom. The number of thioether (sulfide) groups is 2. The summed E-state index contributed by atoms with van der Waals surface area (Å²) in [5, 5.41) is 0.520. The van der Waals surface area contributed by atoms with Crippen LogP contribution in [0.5, 0.6) is 5.75 Å². The topological polar surface area (TPSA) is 26.3 Å². The van der Waals surface area contributed by atoms with E-state index in [-0.39, 0.29) is 5.25 Å². The van der Waals surface area contributed by atoms with Crippen LogP contribution in [0, 0.1) is 0 Å². The molecule has 1 aromatic carbocycles. The van der Waals surface area contributed by atoms with E-state index in [2.05, 4.69) is 22.9 Å². The van der Waals surface area contributed by atoms with Gasteiger partial charge in [0.2, 0.25) is 0 Å². The lowest BCUT2D eigenvalue weighted by Gasteiger charge is -2.26. The molecule has 1 aliphatic heterocycles. The van der Waals surface area contributed by atoms with Gasteiger partial charge in [0.1, 0.15) is 5.75 Å². The van der Waals surface area contributed by atoms with Crippen LogP contribution < -0.4 is 4.74 Å². The maximum atomic E-state index is 12.5. The van der Waals surface area contributed by atoms with Crippen LogP contribution in [0.25, 0.3) is 0 Å². The summed E-state index contributed by atoms with van der Waals surface area (Å²) in [5.41, 5.74) is 0.963. The van der Waals surface area contributed by atoms with Crippen molar-refractivity contribution in [3.8, 4) is 5.75 Å². The van der Waals surface area contributed by atoms with Crippen LogP contribution in [0.2, 0.25) is 0 Å². The Kier molecular flexibility index (Phi) is 5.66. The zero-order chi connectivity index (χ0) is 13.8. The quantitative estimate of drug-likeness (QED) is 0.815. The molecule has 1 aliphatic rings. The van der Waals surface area contributed by atoms with Crippen LogP contribution >= 0.6 is 39.5 Å². The molecule has 1 aromatic rings. The highest BCUT2D eigenvalue weighted by molar-refractivity contribution is 9.10. The molecule has 2 nitrogen and oxygen atoms in total. The van der Waals surface area contributed by atoms with Gasteiger partial charge in [0.25, 0.3) is 0 Å². The Bertz CT molecular complexity index is 465. The van der Waals surface area contributed by atoms with Crippen LogP contribution in [-0.2, 0) is 11.2 Å². The number of Topliss-reactive ketones (excluding diaryl/α,β-unsaturated/α-hetero) is 1. The van der Waals surface area contributed by atoms with Crippen molar-refractivity contribution >= 4 is 45.2 Å². The van der Waals surface area contributed by atoms with Crippen molar-refractivity contribution in [2.45, 2.75) is 23.8 Å². The number of methoxy groups -OCH3 is 1. The summed E-state index contributed by atoms with van der Waals surface area (Å²) in [6.07, 6.45) is 0.450. The molecule has 0 bridgehead atoms. The third-order valence-corrected chi connectivity index (χ3v) is 6.74. The van der Waals surface area contributed by atoms with E-state index in [0.717, 1.165) is 27.3 Å². The highest BCUT2D eigenvalue weighted by atomic mass is 79.9. The van der Waals surface area contributed by atoms with Crippen molar-refractivity contribution in [2.75, 3.05) is 18.6 Å². The summed E-state index contributed by atoms with van der Waals surface area (Å²) in [6, 6.07) is 5.81. The molecule has 1 saturated heterocycles. The Labute approximate surface area is 131 Å². The molecule has 0 aliphatic carbocycles. The summed E-state index contributed by atoms with van der Waals surface area (Å²) >= 11 is 7.14. The van der Waals surface area contributed by atoms with E-state index in [9.17, 15) is 4.79 Å². The second kappa shape index (κ2) is 7.04. The minimum absolute atomic E-state index is 0.113. The van der Waals surface area contributed by atoms with Gasteiger partial charge in [0.15, 0.2) is 5.78 Å². The molecule has 19 heavy (non-hydrogen) atoms. The zero-order valence-electron chi connectivity index (χ0n) is 11.0. The molecule has 1 heterocycles. The second-order valence-corrected chi connectivity index (χ2v) is 8.12. The molecule has 2 rings (SSSR count). The van der Waals surface area contributed by atoms with Gasteiger partial charge in [-0.25, -0.2) is 0 Å². The molecule has 5 heteroatoms. The Hall–Kier alpha value is -0.130. The number of halogens is 1. The first kappa shape index (κ1) is 15.3. The van der Waals surface area contributed by atoms with Gasteiger partial charge < -0.3 is 4.74 Å². The van der Waals surface area contributed by atoms with E-state index in [1.807, 2.05) is 30.0 Å². The van der Waals surface area contributed by atoms with Gasteiger partial charge in [-0.15, -0.1) is 11.8 Å². The fraction of sp³-hybridized carbons (Fsp3) is 0.500. The van der Waals surface area contributed by atoms with Crippen molar-refractivity contribution in [3.63, 3.8) is 0 Å². The van der Waals surface area contributed by atoms with E-state index in [0.29, 0.717) is 17.5 Å². The lowest BCUT2D eigenvalue weighted by atomic mass is 10.0. The summed E-state index contributed by atoms with van der Waals surface area (Å²) < 4.78 is 6.31. The number of ether oxygens (including phenoxy) is 1. The van der Waals surface area contributed by atoms with Crippen molar-refractivity contribution in [1.29, 1.82) is 0 Å². The Morgan fingerprint density at radius 3 is 2.84 bits per heavy atom. The number of benzene rings is 1. The van der Waals surface area contributed by atoms with Crippen LogP contribution in [0.3, 0.4) is 0 Å². The third-order valence-electron chi connectivity index (χ3n) is 3.11. The van der Waals surface area contributed by atoms with Crippen LogP contribution in [0.15, 0.2) is 22.7 Å². The molecule has 0 spiro atoms. The molecule has 0 aromatic heterocycles. The van der Waals surface area contributed by atoms with Gasteiger partial charge >= 0.3 is 0 Å². The lowest BCUT2D eigenvalue weighted by Crippen LogP contribution is -2.32. The fourth-order valence-corrected chi connectivity index (χ4v) is 5.30. The monoisotopic (exact) mass is 360 g/mol. The molecule has 0 saturated carbocycles. The predicted molar refractivity (Wildman–Crippen MR) is 87.6 cm³/mol. The molecule has 2 atom stereocenters. The van der Waals surface area contributed by atoms with Crippen molar-refractivity contribution < 1.29 is 9.53 Å². The summed E-state index contributed by atoms with van der Waals surface area (Å²) in [4.78, 5) is 12.5. The fourth-order valence-electron chi connectivity index (χ4n) is 2.16. The van der Waals surface area contributed by atoms with Gasteiger partial charge in [-0.1, -0.05) is 22.9 Å². The highest BCUT2D eigenvalue weighted by Gasteiger charge is 2.29. The van der Waals surface area contributed by atoms with E-state index in [4.69, 9.17) is 4.74 Å². The molecule has 0 radical (unpaired) electrons. The lowest BCUT2D eigenvalue weighted by molar-refractivity contribution is -0.117. The van der Waals surface area contributed by atoms with E-state index in [1.54, 1.807) is 18.9 Å². The van der Waals surface area contributed by atoms with E-state index < -0.39 is 0 Å². The zero-order valence-corrected chi connectivity index (χ0v) is 14.2. The normalized spacial score (nSPS) is 23.1. The molecular formula is C14H17BrO2S2. The first-order valence-corrected chi connectivity index (χ1v) is 9.09. The third kappa shape index (κ3) is 3.92. The van der Waals surface area contributed by atoms with Crippen LogP contribution in [0.4, 0.5) is 0 Å². The molecule has 2 unspecified atom stereocenters. The SMILES string of the molecule is COc1ccc(Br)cc1CC(=O)C1SCCSC1C. The first-order valence-electron chi connectivity index (χ1n) is 6.20. The molecule has 0 N–H and O–H groups in total. The number of hydrogen-bond donors (Lipinski definition) is 0. The van der Waals surface area contributed by atoms with Gasteiger partial charge in [0, 0.05) is 33.2 Å². The largest absolute Gasteiger partial charge is 0.496 e. The van der Waals surface area contributed by atoms with Crippen LogP contribution in [-0.4, -0.2) is 34.9 Å². The van der Waals surface area contributed by atoms with Crippen molar-refractivity contribution in [3.05, 3.63) is 28.2 Å². The molecule has 1 fully saturated rings. The minimum atomic E-state index is 0.113. The maximum absolute atomic E-state index is 12.5. The summed E-state index contributed by atoms with van der Waals surface area (Å²) in [6.45, 7) is 2.15. The van der Waals surface area contributed by atoms with Gasteiger partial charge in [-0.3, -0.25) is 4.79 Å². The van der Waals surface area contributed by atoms with Gasteiger partial charge in [-0.05, 0) is 18.2 Å². The van der Waals surface area contributed by atoms with Gasteiger partial charge in [0.05, 0.1) is 12.4 Å². The standard InChI is InChI=1S/C14H17BrO2S2/c1-9-14(19-6-5-18-9)12(16)8-10-7-11(15)3-4-13(10)17-2/h3-4,7,9,14H,5-6,8H2,1-2H3. The van der Waals surface area contributed by atoms with Gasteiger partial charge in [-0.2, -0.15) is 11.8 Å². The Balaban J connectivity index is 2.11. The smallest absolute Gasteiger partial charge is 0.151 e. The minimum Gasteiger partial charge on any atom is -0.496 e. The number of carbonyl (C=O) groups is 1. The summed E-state index contributed by atoms with van der Waals surface area (Å²) in [5.74, 6) is 3.32. The van der Waals surface area contributed by atoms with E-state index in [1.165, 1.54) is 0 Å². The highest BCUT2D eigenvalue weighted by Crippen LogP contribution is 2.33. The molecule has 104 valence electrons. The number of ketones is 1. The average Bonchev–Trinajstić information content (AvgIpc) is 2.39. The summed E-state index contributed by atoms with van der Waals surface area (Å²) in [7, 11) is 1.64. The number of hydrogen-bond acceptors (Lipinski definition) is 4. The first-order chi connectivity index (χ1) is 9.11. The molecular weight excluding hydrogens is 344 g/mol. The van der Waals surface area contributed by atoms with Crippen molar-refractivity contribution in [2.24, 2.45) is 0 Å². The maximum Gasteiger partial charge on any atom is 0.151 e. The second-order valence-electron chi connectivity index (χ2n) is 4.47. The predicted octanol–water partition coefficient (Wildman–Crippen LogP) is 3.81. The average molecular weight is 361 g/mol. The van der Waals surface area contributed by atoms with Crippen LogP contribution in [0.1, 0.15) is 12.5 Å². The Morgan fingerprint density at radius 2 is 2.16 bits per heavy atom. The number of carbonyl (C=O) groups excluding carboxylic acids is 1.